The van der Waals surface area contributed by atoms with E-state index in [9.17, 15) is 4.39 Å². The van der Waals surface area contributed by atoms with Crippen LogP contribution >= 0.6 is 11.6 Å². The molecule has 0 radical (unpaired) electrons. The fourth-order valence-electron chi connectivity index (χ4n) is 1.14. The van der Waals surface area contributed by atoms with Crippen LogP contribution in [0.25, 0.3) is 0 Å². The second kappa shape index (κ2) is 3.05. The van der Waals surface area contributed by atoms with Gasteiger partial charge in [0.15, 0.2) is 17.3 Å². The molecular weight excluding hydrogens is 199 g/mol. The Labute approximate surface area is 78.6 Å². The normalized spacial score (nSPS) is 13.5. The van der Waals surface area contributed by atoms with Crippen molar-refractivity contribution in [2.75, 3.05) is 6.79 Å². The zero-order chi connectivity index (χ0) is 9.42. The molecule has 5 heteroatoms. The van der Waals surface area contributed by atoms with Gasteiger partial charge < -0.3 is 14.6 Å². The first kappa shape index (κ1) is 8.59. The lowest BCUT2D eigenvalue weighted by Crippen LogP contribution is -1.93. The average molecular weight is 205 g/mol. The standard InChI is InChI=1S/C8H6ClFO3/c9-6-7(10)4(2-11)1-5-8(6)13-3-12-5/h1,11H,2-3H2. The Morgan fingerprint density at radius 2 is 2.31 bits per heavy atom. The summed E-state index contributed by atoms with van der Waals surface area (Å²) in [5.41, 5.74) is 0.106. The number of aliphatic hydroxyl groups is 1. The first-order valence-corrected chi connectivity index (χ1v) is 3.99. The van der Waals surface area contributed by atoms with Gasteiger partial charge in [-0.2, -0.15) is 0 Å². The minimum atomic E-state index is -0.659. The number of halogens is 2. The molecule has 1 heterocycles. The van der Waals surface area contributed by atoms with E-state index >= 15 is 0 Å². The van der Waals surface area contributed by atoms with E-state index < -0.39 is 12.4 Å². The quantitative estimate of drug-likeness (QED) is 0.757. The van der Waals surface area contributed by atoms with Gasteiger partial charge in [-0.05, 0) is 6.07 Å². The van der Waals surface area contributed by atoms with E-state index in [0.29, 0.717) is 5.75 Å². The van der Waals surface area contributed by atoms with E-state index in [0.717, 1.165) is 0 Å². The molecule has 3 nitrogen and oxygen atoms in total. The van der Waals surface area contributed by atoms with E-state index in [1.807, 2.05) is 0 Å². The van der Waals surface area contributed by atoms with E-state index in [-0.39, 0.29) is 23.1 Å². The molecule has 0 aromatic heterocycles. The highest BCUT2D eigenvalue weighted by atomic mass is 35.5. The maximum atomic E-state index is 13.2. The van der Waals surface area contributed by atoms with Crippen LogP contribution in [0.1, 0.15) is 5.56 Å². The molecule has 0 saturated heterocycles. The van der Waals surface area contributed by atoms with Gasteiger partial charge in [0.05, 0.1) is 6.61 Å². The van der Waals surface area contributed by atoms with Gasteiger partial charge >= 0.3 is 0 Å². The second-order valence-electron chi connectivity index (χ2n) is 2.56. The monoisotopic (exact) mass is 204 g/mol. The summed E-state index contributed by atoms with van der Waals surface area (Å²) >= 11 is 5.63. The summed E-state index contributed by atoms with van der Waals surface area (Å²) in [6, 6.07) is 1.38. The van der Waals surface area contributed by atoms with E-state index in [2.05, 4.69) is 0 Å². The summed E-state index contributed by atoms with van der Waals surface area (Å²) in [5, 5.41) is 8.64. The first-order valence-electron chi connectivity index (χ1n) is 3.61. The van der Waals surface area contributed by atoms with Gasteiger partial charge in [0.1, 0.15) is 5.02 Å². The molecule has 70 valence electrons. The lowest BCUT2D eigenvalue weighted by Gasteiger charge is -2.04. The average Bonchev–Trinajstić information content (AvgIpc) is 2.59. The number of ether oxygens (including phenoxy) is 2. The third kappa shape index (κ3) is 1.22. The van der Waals surface area contributed by atoms with Crippen LogP contribution in [0.5, 0.6) is 11.5 Å². The van der Waals surface area contributed by atoms with Crippen LogP contribution in [0.4, 0.5) is 4.39 Å². The van der Waals surface area contributed by atoms with Crippen molar-refractivity contribution in [2.24, 2.45) is 0 Å². The number of rotatable bonds is 1. The maximum Gasteiger partial charge on any atom is 0.231 e. The molecule has 1 N–H and O–H groups in total. The van der Waals surface area contributed by atoms with Gasteiger partial charge in [0, 0.05) is 5.56 Å². The van der Waals surface area contributed by atoms with Gasteiger partial charge in [-0.1, -0.05) is 11.6 Å². The first-order chi connectivity index (χ1) is 6.24. The van der Waals surface area contributed by atoms with Crippen LogP contribution in [0.15, 0.2) is 6.07 Å². The van der Waals surface area contributed by atoms with Crippen LogP contribution in [0.2, 0.25) is 5.02 Å². The summed E-state index contributed by atoms with van der Waals surface area (Å²) in [4.78, 5) is 0. The maximum absolute atomic E-state index is 13.2. The number of hydrogen-bond donors (Lipinski definition) is 1. The highest BCUT2D eigenvalue weighted by Gasteiger charge is 2.22. The molecule has 0 atom stereocenters. The molecule has 1 aliphatic rings. The molecule has 0 saturated carbocycles. The summed E-state index contributed by atoms with van der Waals surface area (Å²) in [7, 11) is 0. The highest BCUT2D eigenvalue weighted by molar-refractivity contribution is 6.32. The predicted octanol–water partition coefficient (Wildman–Crippen LogP) is 1.70. The van der Waals surface area contributed by atoms with Crippen molar-refractivity contribution in [3.63, 3.8) is 0 Å². The van der Waals surface area contributed by atoms with Crippen LogP contribution in [0.3, 0.4) is 0 Å². The minimum Gasteiger partial charge on any atom is -0.454 e. The third-order valence-corrected chi connectivity index (χ3v) is 2.13. The van der Waals surface area contributed by atoms with Gasteiger partial charge in [-0.15, -0.1) is 0 Å². The highest BCUT2D eigenvalue weighted by Crippen LogP contribution is 2.41. The van der Waals surface area contributed by atoms with Crippen molar-refractivity contribution >= 4 is 11.6 Å². The zero-order valence-electron chi connectivity index (χ0n) is 6.51. The van der Waals surface area contributed by atoms with Gasteiger partial charge in [-0.3, -0.25) is 0 Å². The molecule has 0 unspecified atom stereocenters. The molecule has 0 spiro atoms. The Balaban J connectivity index is 2.61. The van der Waals surface area contributed by atoms with Crippen molar-refractivity contribution in [1.29, 1.82) is 0 Å². The third-order valence-electron chi connectivity index (χ3n) is 1.79. The largest absolute Gasteiger partial charge is 0.454 e. The van der Waals surface area contributed by atoms with Crippen LogP contribution in [-0.2, 0) is 6.61 Å². The van der Waals surface area contributed by atoms with Gasteiger partial charge in [0.25, 0.3) is 0 Å². The van der Waals surface area contributed by atoms with Crippen molar-refractivity contribution in [3.8, 4) is 11.5 Å². The summed E-state index contributed by atoms with van der Waals surface area (Å²) in [6.45, 7) is -0.383. The lowest BCUT2D eigenvalue weighted by molar-refractivity contribution is 0.174. The lowest BCUT2D eigenvalue weighted by atomic mass is 10.2. The summed E-state index contributed by atoms with van der Waals surface area (Å²) < 4.78 is 23.2. The van der Waals surface area contributed by atoms with Crippen molar-refractivity contribution in [1.82, 2.24) is 0 Å². The number of aliphatic hydroxyl groups excluding tert-OH is 1. The van der Waals surface area contributed by atoms with Gasteiger partial charge in [0.2, 0.25) is 6.79 Å². The van der Waals surface area contributed by atoms with Gasteiger partial charge in [-0.25, -0.2) is 4.39 Å². The molecular formula is C8H6ClFO3. The molecule has 2 rings (SSSR count). The fraction of sp³-hybridized carbons (Fsp3) is 0.250. The predicted molar refractivity (Wildman–Crippen MR) is 43.5 cm³/mol. The van der Waals surface area contributed by atoms with Crippen LogP contribution in [0, 0.1) is 5.82 Å². The summed E-state index contributed by atoms with van der Waals surface area (Å²) in [5.74, 6) is -0.0831. The Hall–Kier alpha value is -1.00. The van der Waals surface area contributed by atoms with Crippen molar-refractivity contribution < 1.29 is 19.0 Å². The summed E-state index contributed by atoms with van der Waals surface area (Å²) in [6.07, 6.45) is 0. The number of fused-ring (bicyclic) bond motifs is 1. The Morgan fingerprint density at radius 3 is 3.00 bits per heavy atom. The molecule has 1 aliphatic heterocycles. The molecule has 0 bridgehead atoms. The van der Waals surface area contributed by atoms with Crippen LogP contribution < -0.4 is 9.47 Å². The Morgan fingerprint density at radius 1 is 1.54 bits per heavy atom. The molecule has 1 aromatic rings. The van der Waals surface area contributed by atoms with E-state index in [4.69, 9.17) is 26.2 Å². The minimum absolute atomic E-state index is 0.0311. The SMILES string of the molecule is OCc1cc2c(c(Cl)c1F)OCO2. The zero-order valence-corrected chi connectivity index (χ0v) is 7.27. The molecule has 0 fully saturated rings. The molecule has 0 aliphatic carbocycles. The smallest absolute Gasteiger partial charge is 0.231 e. The van der Waals surface area contributed by atoms with Crippen LogP contribution in [-0.4, -0.2) is 11.9 Å². The number of hydrogen-bond acceptors (Lipinski definition) is 3. The molecule has 0 amide bonds. The molecule has 13 heavy (non-hydrogen) atoms. The van der Waals surface area contributed by atoms with Crippen molar-refractivity contribution in [2.45, 2.75) is 6.61 Å². The number of benzene rings is 1. The Kier molecular flexibility index (Phi) is 2.01. The fourth-order valence-corrected chi connectivity index (χ4v) is 1.41. The topological polar surface area (TPSA) is 38.7 Å². The molecule has 1 aromatic carbocycles. The second-order valence-corrected chi connectivity index (χ2v) is 2.93. The van der Waals surface area contributed by atoms with E-state index in [1.54, 1.807) is 0 Å². The van der Waals surface area contributed by atoms with Crippen molar-refractivity contribution in [3.05, 3.63) is 22.5 Å². The van der Waals surface area contributed by atoms with E-state index in [1.165, 1.54) is 6.07 Å². The Bertz CT molecular complexity index is 353.